The summed E-state index contributed by atoms with van der Waals surface area (Å²) in [5, 5.41) is 0. The molecule has 1 rings (SSSR count). The van der Waals surface area contributed by atoms with Gasteiger partial charge in [-0.05, 0) is 26.2 Å². The number of nitrogens with zero attached hydrogens (tertiary/aromatic N) is 1. The van der Waals surface area contributed by atoms with Gasteiger partial charge in [0.25, 0.3) is 10.2 Å². The van der Waals surface area contributed by atoms with Crippen LogP contribution in [-0.4, -0.2) is 37.9 Å². The van der Waals surface area contributed by atoms with Gasteiger partial charge in [-0.3, -0.25) is 0 Å². The molecule has 5 nitrogen and oxygen atoms in total. The van der Waals surface area contributed by atoms with Gasteiger partial charge in [0.2, 0.25) is 0 Å². The minimum absolute atomic E-state index is 0.0544. The largest absolute Gasteiger partial charge is 0.329 e. The fourth-order valence-electron chi connectivity index (χ4n) is 1.99. The van der Waals surface area contributed by atoms with E-state index in [4.69, 9.17) is 5.73 Å². The Kier molecular flexibility index (Phi) is 4.11. The van der Waals surface area contributed by atoms with Gasteiger partial charge in [-0.15, -0.1) is 0 Å². The highest BCUT2D eigenvalue weighted by Crippen LogP contribution is 2.25. The Hall–Kier alpha value is -0.170. The summed E-state index contributed by atoms with van der Waals surface area (Å²) >= 11 is 0. The van der Waals surface area contributed by atoms with E-state index in [1.807, 2.05) is 20.8 Å². The molecule has 0 aliphatic carbocycles. The van der Waals surface area contributed by atoms with Gasteiger partial charge in [0.15, 0.2) is 0 Å². The van der Waals surface area contributed by atoms with Crippen molar-refractivity contribution in [1.82, 2.24) is 9.03 Å². The van der Waals surface area contributed by atoms with Crippen molar-refractivity contribution in [3.05, 3.63) is 0 Å². The molecule has 1 saturated heterocycles. The third-order valence-corrected chi connectivity index (χ3v) is 4.61. The van der Waals surface area contributed by atoms with E-state index in [9.17, 15) is 8.42 Å². The van der Waals surface area contributed by atoms with Crippen LogP contribution in [0.4, 0.5) is 0 Å². The molecule has 0 spiro atoms. The monoisotopic (exact) mass is 235 g/mol. The van der Waals surface area contributed by atoms with Crippen molar-refractivity contribution in [2.24, 2.45) is 11.7 Å². The van der Waals surface area contributed by atoms with E-state index >= 15 is 0 Å². The van der Waals surface area contributed by atoms with Crippen LogP contribution >= 0.6 is 0 Å². The van der Waals surface area contributed by atoms with E-state index in [1.165, 1.54) is 4.31 Å². The molecule has 0 saturated carbocycles. The molecule has 0 aromatic rings. The standard InChI is InChI=1S/C9H21N3O2S/c1-7(2)11-15(13,14)12-5-4-8(3)9(12)6-10/h7-9,11H,4-6,10H2,1-3H3. The lowest BCUT2D eigenvalue weighted by atomic mass is 10.0. The molecule has 6 heteroatoms. The molecule has 0 aromatic heterocycles. The first-order valence-corrected chi connectivity index (χ1v) is 6.81. The van der Waals surface area contributed by atoms with E-state index < -0.39 is 10.2 Å². The Balaban J connectivity index is 2.79. The molecule has 0 amide bonds. The Morgan fingerprint density at radius 1 is 1.53 bits per heavy atom. The number of hydrogen-bond acceptors (Lipinski definition) is 3. The van der Waals surface area contributed by atoms with Gasteiger partial charge in [-0.1, -0.05) is 6.92 Å². The van der Waals surface area contributed by atoms with Crippen molar-refractivity contribution in [3.8, 4) is 0 Å². The lowest BCUT2D eigenvalue weighted by Crippen LogP contribution is -2.49. The van der Waals surface area contributed by atoms with Crippen molar-refractivity contribution in [2.45, 2.75) is 39.3 Å². The molecule has 15 heavy (non-hydrogen) atoms. The Morgan fingerprint density at radius 3 is 2.60 bits per heavy atom. The van der Waals surface area contributed by atoms with Gasteiger partial charge < -0.3 is 5.73 Å². The molecular weight excluding hydrogens is 214 g/mol. The predicted molar refractivity (Wildman–Crippen MR) is 60.5 cm³/mol. The zero-order chi connectivity index (χ0) is 11.6. The van der Waals surface area contributed by atoms with Crippen molar-refractivity contribution in [2.75, 3.05) is 13.1 Å². The van der Waals surface area contributed by atoms with Gasteiger partial charge in [0.1, 0.15) is 0 Å². The van der Waals surface area contributed by atoms with Crippen LogP contribution in [0.1, 0.15) is 27.2 Å². The van der Waals surface area contributed by atoms with E-state index in [-0.39, 0.29) is 12.1 Å². The molecule has 1 fully saturated rings. The zero-order valence-electron chi connectivity index (χ0n) is 9.60. The van der Waals surface area contributed by atoms with E-state index in [1.54, 1.807) is 0 Å². The van der Waals surface area contributed by atoms with Gasteiger partial charge in [0, 0.05) is 25.2 Å². The van der Waals surface area contributed by atoms with E-state index in [0.717, 1.165) is 6.42 Å². The van der Waals surface area contributed by atoms with Crippen LogP contribution in [-0.2, 0) is 10.2 Å². The van der Waals surface area contributed by atoms with Crippen LogP contribution in [0.3, 0.4) is 0 Å². The average Bonchev–Trinajstić information content (AvgIpc) is 2.44. The minimum Gasteiger partial charge on any atom is -0.329 e. The molecule has 2 unspecified atom stereocenters. The minimum atomic E-state index is -3.35. The smallest absolute Gasteiger partial charge is 0.279 e. The molecule has 0 bridgehead atoms. The first-order chi connectivity index (χ1) is 6.88. The molecule has 3 N–H and O–H groups in total. The number of nitrogens with one attached hydrogen (secondary N) is 1. The molecule has 0 aromatic carbocycles. The second-order valence-corrected chi connectivity index (χ2v) is 6.11. The normalized spacial score (nSPS) is 28.9. The maximum atomic E-state index is 11.9. The maximum Gasteiger partial charge on any atom is 0.279 e. The van der Waals surface area contributed by atoms with Crippen LogP contribution in [0.5, 0.6) is 0 Å². The Bertz CT molecular complexity index is 302. The van der Waals surface area contributed by atoms with Crippen LogP contribution < -0.4 is 10.5 Å². The highest BCUT2D eigenvalue weighted by atomic mass is 32.2. The summed E-state index contributed by atoms with van der Waals surface area (Å²) in [5.74, 6) is 0.346. The van der Waals surface area contributed by atoms with Crippen LogP contribution in [0, 0.1) is 5.92 Å². The lowest BCUT2D eigenvalue weighted by Gasteiger charge is -2.26. The fraction of sp³-hybridized carbons (Fsp3) is 1.00. The topological polar surface area (TPSA) is 75.4 Å². The number of nitrogens with two attached hydrogens (primary N) is 1. The van der Waals surface area contributed by atoms with Gasteiger partial charge in [-0.2, -0.15) is 17.4 Å². The third kappa shape index (κ3) is 2.90. The van der Waals surface area contributed by atoms with Gasteiger partial charge in [-0.25, -0.2) is 0 Å². The molecule has 1 aliphatic rings. The molecular formula is C9H21N3O2S. The highest BCUT2D eigenvalue weighted by Gasteiger charge is 2.37. The number of hydrogen-bond donors (Lipinski definition) is 2. The third-order valence-electron chi connectivity index (χ3n) is 2.77. The van der Waals surface area contributed by atoms with Gasteiger partial charge >= 0.3 is 0 Å². The molecule has 1 heterocycles. The first-order valence-electron chi connectivity index (χ1n) is 5.37. The summed E-state index contributed by atoms with van der Waals surface area (Å²) in [7, 11) is -3.35. The summed E-state index contributed by atoms with van der Waals surface area (Å²) in [6, 6.07) is -0.134. The summed E-state index contributed by atoms with van der Waals surface area (Å²) in [5.41, 5.74) is 5.61. The van der Waals surface area contributed by atoms with Gasteiger partial charge in [0.05, 0.1) is 0 Å². The van der Waals surface area contributed by atoms with E-state index in [2.05, 4.69) is 4.72 Å². The maximum absolute atomic E-state index is 11.9. The van der Waals surface area contributed by atoms with E-state index in [0.29, 0.717) is 19.0 Å². The summed E-state index contributed by atoms with van der Waals surface area (Å²) in [6.45, 7) is 6.64. The fourth-order valence-corrected chi connectivity index (χ4v) is 3.71. The quantitative estimate of drug-likeness (QED) is 0.714. The van der Waals surface area contributed by atoms with Crippen molar-refractivity contribution >= 4 is 10.2 Å². The zero-order valence-corrected chi connectivity index (χ0v) is 10.4. The predicted octanol–water partition coefficient (Wildman–Crippen LogP) is -0.102. The molecule has 1 aliphatic heterocycles. The SMILES string of the molecule is CC(C)NS(=O)(=O)N1CCC(C)C1CN. The summed E-state index contributed by atoms with van der Waals surface area (Å²) in [6.07, 6.45) is 0.890. The summed E-state index contributed by atoms with van der Waals surface area (Å²) in [4.78, 5) is 0. The first kappa shape index (κ1) is 12.9. The molecule has 0 radical (unpaired) electrons. The van der Waals surface area contributed by atoms with Crippen LogP contribution in [0.15, 0.2) is 0 Å². The second-order valence-electron chi connectivity index (χ2n) is 4.46. The Labute approximate surface area is 92.2 Å². The van der Waals surface area contributed by atoms with Crippen molar-refractivity contribution < 1.29 is 8.42 Å². The Morgan fingerprint density at radius 2 is 2.13 bits per heavy atom. The molecule has 2 atom stereocenters. The van der Waals surface area contributed by atoms with Crippen LogP contribution in [0.2, 0.25) is 0 Å². The summed E-state index contributed by atoms with van der Waals surface area (Å²) < 4.78 is 27.9. The lowest BCUT2D eigenvalue weighted by molar-refractivity contribution is 0.347. The molecule has 90 valence electrons. The van der Waals surface area contributed by atoms with Crippen molar-refractivity contribution in [1.29, 1.82) is 0 Å². The average molecular weight is 235 g/mol. The number of rotatable bonds is 4. The van der Waals surface area contributed by atoms with Crippen molar-refractivity contribution in [3.63, 3.8) is 0 Å². The van der Waals surface area contributed by atoms with Crippen LogP contribution in [0.25, 0.3) is 0 Å². The highest BCUT2D eigenvalue weighted by molar-refractivity contribution is 7.87. The second kappa shape index (κ2) is 4.78.